The summed E-state index contributed by atoms with van der Waals surface area (Å²) in [4.78, 5) is 2.50. The molecule has 0 radical (unpaired) electrons. The maximum absolute atomic E-state index is 6.68. The van der Waals surface area contributed by atoms with Crippen LogP contribution in [-0.2, 0) is 5.41 Å². The molecule has 10 aromatic rings. The predicted molar refractivity (Wildman–Crippen MR) is 229 cm³/mol. The third kappa shape index (κ3) is 4.62. The molecule has 0 spiro atoms. The Labute approximate surface area is 320 Å². The predicted octanol–water partition coefficient (Wildman–Crippen LogP) is 14.2. The van der Waals surface area contributed by atoms with Crippen LogP contribution in [0, 0.1) is 0 Å². The SMILES string of the molecule is c1ccc(C2(c3ccccc3)c3ccccc3-c3c(N(c4ccccc4-c4cccc5c4oc4ccccc45)c4cccc5ccccc45)cccc32)cc1. The first-order valence-corrected chi connectivity index (χ1v) is 18.9. The monoisotopic (exact) mass is 701 g/mol. The van der Waals surface area contributed by atoms with Gasteiger partial charge in [-0.15, -0.1) is 0 Å². The molecule has 1 heterocycles. The van der Waals surface area contributed by atoms with E-state index in [2.05, 4.69) is 211 Å². The molecule has 0 atom stereocenters. The number of rotatable bonds is 6. The minimum absolute atomic E-state index is 0.520. The molecule has 0 saturated heterocycles. The van der Waals surface area contributed by atoms with Gasteiger partial charge < -0.3 is 9.32 Å². The highest BCUT2D eigenvalue weighted by molar-refractivity contribution is 6.12. The van der Waals surface area contributed by atoms with E-state index in [4.69, 9.17) is 4.42 Å². The van der Waals surface area contributed by atoms with Gasteiger partial charge in [0.1, 0.15) is 11.2 Å². The Morgan fingerprint density at radius 3 is 1.69 bits per heavy atom. The number of hydrogen-bond donors (Lipinski definition) is 0. The molecule has 0 bridgehead atoms. The summed E-state index contributed by atoms with van der Waals surface area (Å²) < 4.78 is 6.68. The van der Waals surface area contributed by atoms with Gasteiger partial charge in [0.05, 0.1) is 22.5 Å². The molecular weight excluding hydrogens is 667 g/mol. The molecule has 2 nitrogen and oxygen atoms in total. The van der Waals surface area contributed by atoms with Crippen molar-refractivity contribution in [3.63, 3.8) is 0 Å². The van der Waals surface area contributed by atoms with E-state index in [1.807, 2.05) is 6.07 Å². The highest BCUT2D eigenvalue weighted by Gasteiger charge is 2.47. The summed E-state index contributed by atoms with van der Waals surface area (Å²) in [5.41, 5.74) is 14.3. The lowest BCUT2D eigenvalue weighted by atomic mass is 9.68. The van der Waals surface area contributed by atoms with Gasteiger partial charge in [0, 0.05) is 32.8 Å². The molecule has 9 aromatic carbocycles. The molecule has 1 aromatic heterocycles. The Morgan fingerprint density at radius 2 is 0.873 bits per heavy atom. The average Bonchev–Trinajstić information content (AvgIpc) is 3.79. The summed E-state index contributed by atoms with van der Waals surface area (Å²) in [6.07, 6.45) is 0. The van der Waals surface area contributed by atoms with Crippen LogP contribution in [0.2, 0.25) is 0 Å². The summed E-state index contributed by atoms with van der Waals surface area (Å²) in [6, 6.07) is 77.0. The molecule has 2 heteroatoms. The zero-order chi connectivity index (χ0) is 36.3. The van der Waals surface area contributed by atoms with Gasteiger partial charge >= 0.3 is 0 Å². The first-order chi connectivity index (χ1) is 27.3. The van der Waals surface area contributed by atoms with Gasteiger partial charge in [-0.3, -0.25) is 0 Å². The molecule has 0 unspecified atom stereocenters. The molecule has 55 heavy (non-hydrogen) atoms. The first-order valence-electron chi connectivity index (χ1n) is 18.9. The Bertz CT molecular complexity index is 3000. The molecule has 0 N–H and O–H groups in total. The Hall–Kier alpha value is -7.16. The van der Waals surface area contributed by atoms with E-state index in [-0.39, 0.29) is 0 Å². The van der Waals surface area contributed by atoms with E-state index in [1.54, 1.807) is 0 Å². The molecule has 1 aliphatic rings. The van der Waals surface area contributed by atoms with Crippen molar-refractivity contribution in [3.05, 3.63) is 235 Å². The Balaban J connectivity index is 1.26. The van der Waals surface area contributed by atoms with E-state index in [0.717, 1.165) is 50.1 Å². The van der Waals surface area contributed by atoms with Crippen LogP contribution in [0.4, 0.5) is 17.1 Å². The fraction of sp³-hybridized carbons (Fsp3) is 0.0189. The Kier molecular flexibility index (Phi) is 7.11. The summed E-state index contributed by atoms with van der Waals surface area (Å²) in [5, 5.41) is 4.61. The van der Waals surface area contributed by atoms with Crippen LogP contribution in [-0.4, -0.2) is 0 Å². The van der Waals surface area contributed by atoms with Gasteiger partial charge in [0.15, 0.2) is 0 Å². The number of fused-ring (bicyclic) bond motifs is 7. The molecule has 11 rings (SSSR count). The second kappa shape index (κ2) is 12.5. The van der Waals surface area contributed by atoms with Gasteiger partial charge in [-0.2, -0.15) is 0 Å². The average molecular weight is 702 g/mol. The maximum Gasteiger partial charge on any atom is 0.143 e. The molecule has 0 saturated carbocycles. The fourth-order valence-electron chi connectivity index (χ4n) is 9.31. The smallest absolute Gasteiger partial charge is 0.143 e. The standard InChI is InChI=1S/C53H35NO/c1-3-20-37(21-4-1)53(38-22-5-2-6-23-38)45-30-12-9-27-44(45)51-46(53)31-17-34-49(51)54(47-33-15-19-36-18-7-8-24-39(36)47)48-32-13-10-25-40(48)42-28-16-29-43-41-26-11-14-35-50(41)55-52(42)43/h1-35H. The van der Waals surface area contributed by atoms with E-state index >= 15 is 0 Å². The molecule has 0 amide bonds. The molecule has 0 aliphatic heterocycles. The third-order valence-electron chi connectivity index (χ3n) is 11.5. The van der Waals surface area contributed by atoms with E-state index < -0.39 is 5.41 Å². The van der Waals surface area contributed by atoms with Crippen molar-refractivity contribution in [2.75, 3.05) is 4.90 Å². The molecule has 258 valence electrons. The second-order valence-electron chi connectivity index (χ2n) is 14.4. The first kappa shape index (κ1) is 31.4. The van der Waals surface area contributed by atoms with Crippen LogP contribution in [0.3, 0.4) is 0 Å². The number of anilines is 3. The van der Waals surface area contributed by atoms with Crippen molar-refractivity contribution in [1.29, 1.82) is 0 Å². The second-order valence-corrected chi connectivity index (χ2v) is 14.4. The summed E-state index contributed by atoms with van der Waals surface area (Å²) in [7, 11) is 0. The van der Waals surface area contributed by atoms with E-state index in [0.29, 0.717) is 0 Å². The summed E-state index contributed by atoms with van der Waals surface area (Å²) in [5.74, 6) is 0. The highest BCUT2D eigenvalue weighted by Crippen LogP contribution is 2.60. The maximum atomic E-state index is 6.68. The third-order valence-corrected chi connectivity index (χ3v) is 11.5. The number of para-hydroxylation sites is 3. The number of benzene rings is 9. The van der Waals surface area contributed by atoms with Crippen molar-refractivity contribution in [2.24, 2.45) is 0 Å². The van der Waals surface area contributed by atoms with Crippen molar-refractivity contribution in [3.8, 4) is 22.3 Å². The highest BCUT2D eigenvalue weighted by atomic mass is 16.3. The fourth-order valence-corrected chi connectivity index (χ4v) is 9.31. The minimum atomic E-state index is -0.520. The number of furan rings is 1. The lowest BCUT2D eigenvalue weighted by Gasteiger charge is -2.35. The van der Waals surface area contributed by atoms with Crippen LogP contribution in [0.25, 0.3) is 55.0 Å². The quantitative estimate of drug-likeness (QED) is 0.172. The zero-order valence-corrected chi connectivity index (χ0v) is 30.1. The Morgan fingerprint density at radius 1 is 0.345 bits per heavy atom. The largest absolute Gasteiger partial charge is 0.455 e. The van der Waals surface area contributed by atoms with Crippen molar-refractivity contribution >= 4 is 49.8 Å². The van der Waals surface area contributed by atoms with E-state index in [9.17, 15) is 0 Å². The minimum Gasteiger partial charge on any atom is -0.455 e. The van der Waals surface area contributed by atoms with Gasteiger partial charge in [0.25, 0.3) is 0 Å². The van der Waals surface area contributed by atoms with Crippen molar-refractivity contribution in [2.45, 2.75) is 5.41 Å². The molecule has 0 fully saturated rings. The zero-order valence-electron chi connectivity index (χ0n) is 30.1. The molecule has 1 aliphatic carbocycles. The van der Waals surface area contributed by atoms with Gasteiger partial charge in [-0.25, -0.2) is 0 Å². The van der Waals surface area contributed by atoms with Crippen LogP contribution in [0.5, 0.6) is 0 Å². The molecular formula is C53H35NO. The van der Waals surface area contributed by atoms with Gasteiger partial charge in [0.2, 0.25) is 0 Å². The van der Waals surface area contributed by atoms with Gasteiger partial charge in [-0.05, 0) is 57.5 Å². The summed E-state index contributed by atoms with van der Waals surface area (Å²) >= 11 is 0. The van der Waals surface area contributed by atoms with E-state index in [1.165, 1.54) is 44.2 Å². The van der Waals surface area contributed by atoms with Gasteiger partial charge in [-0.1, -0.05) is 188 Å². The number of nitrogens with zero attached hydrogens (tertiary/aromatic N) is 1. The van der Waals surface area contributed by atoms with Crippen molar-refractivity contribution < 1.29 is 4.42 Å². The van der Waals surface area contributed by atoms with Crippen LogP contribution < -0.4 is 4.90 Å². The summed E-state index contributed by atoms with van der Waals surface area (Å²) in [6.45, 7) is 0. The van der Waals surface area contributed by atoms with Crippen molar-refractivity contribution in [1.82, 2.24) is 0 Å². The van der Waals surface area contributed by atoms with Crippen LogP contribution in [0.1, 0.15) is 22.3 Å². The normalized spacial score (nSPS) is 12.9. The van der Waals surface area contributed by atoms with Crippen LogP contribution >= 0.6 is 0 Å². The lowest BCUT2D eigenvalue weighted by Crippen LogP contribution is -2.28. The van der Waals surface area contributed by atoms with Crippen LogP contribution in [0.15, 0.2) is 217 Å². The number of hydrogen-bond acceptors (Lipinski definition) is 2. The topological polar surface area (TPSA) is 16.4 Å². The lowest BCUT2D eigenvalue weighted by molar-refractivity contribution is 0.670.